The SMILES string of the molecule is CN(C)c1ccc(OC2CCN(S(=O)(=O)c3cccc([N+](=O)[O-])c3)C2)nn1. The Kier molecular flexibility index (Phi) is 5.24. The predicted octanol–water partition coefficient (Wildman–Crippen LogP) is 1.29. The number of hydrogen-bond donors (Lipinski definition) is 0. The summed E-state index contributed by atoms with van der Waals surface area (Å²) in [6.45, 7) is 0.404. The van der Waals surface area contributed by atoms with E-state index in [-0.39, 0.29) is 29.8 Å². The summed E-state index contributed by atoms with van der Waals surface area (Å²) in [5, 5.41) is 18.9. The fourth-order valence-corrected chi connectivity index (χ4v) is 4.23. The van der Waals surface area contributed by atoms with Crippen LogP contribution in [0.25, 0.3) is 0 Å². The number of aromatic nitrogens is 2. The summed E-state index contributed by atoms with van der Waals surface area (Å²) in [7, 11) is -0.141. The third-order valence-corrected chi connectivity index (χ3v) is 6.01. The third-order valence-electron chi connectivity index (χ3n) is 4.15. The maximum Gasteiger partial charge on any atom is 0.270 e. The molecule has 0 N–H and O–H groups in total. The van der Waals surface area contributed by atoms with Crippen LogP contribution < -0.4 is 9.64 Å². The molecular weight excluding hydrogens is 374 g/mol. The molecule has 27 heavy (non-hydrogen) atoms. The highest BCUT2D eigenvalue weighted by atomic mass is 32.2. The Hall–Kier alpha value is -2.79. The molecule has 1 aromatic heterocycles. The van der Waals surface area contributed by atoms with E-state index in [0.717, 1.165) is 6.07 Å². The van der Waals surface area contributed by atoms with Gasteiger partial charge in [0, 0.05) is 38.8 Å². The summed E-state index contributed by atoms with van der Waals surface area (Å²) in [4.78, 5) is 12.0. The molecule has 2 aromatic rings. The molecule has 2 heterocycles. The van der Waals surface area contributed by atoms with Crippen molar-refractivity contribution in [1.82, 2.24) is 14.5 Å². The maximum atomic E-state index is 12.7. The van der Waals surface area contributed by atoms with Gasteiger partial charge in [0.15, 0.2) is 5.82 Å². The van der Waals surface area contributed by atoms with Crippen LogP contribution in [-0.4, -0.2) is 61.1 Å². The standard InChI is InChI=1S/C16H19N5O5S/c1-19(2)15-6-7-16(18-17-15)26-13-8-9-20(11-13)27(24,25)14-5-3-4-12(10-14)21(22)23/h3-7,10,13H,8-9,11H2,1-2H3. The Balaban J connectivity index is 1.69. The van der Waals surface area contributed by atoms with Crippen molar-refractivity contribution >= 4 is 21.5 Å². The van der Waals surface area contributed by atoms with Crippen molar-refractivity contribution in [3.05, 3.63) is 46.5 Å². The second kappa shape index (κ2) is 7.45. The first-order valence-corrected chi connectivity index (χ1v) is 9.63. The van der Waals surface area contributed by atoms with Crippen molar-refractivity contribution in [1.29, 1.82) is 0 Å². The van der Waals surface area contributed by atoms with Crippen LogP contribution in [0.2, 0.25) is 0 Å². The topological polar surface area (TPSA) is 119 Å². The van der Waals surface area contributed by atoms with Crippen LogP contribution in [0.15, 0.2) is 41.3 Å². The number of sulfonamides is 1. The summed E-state index contributed by atoms with van der Waals surface area (Å²) in [5.74, 6) is 1.00. The van der Waals surface area contributed by atoms with Gasteiger partial charge in [0.1, 0.15) is 6.10 Å². The lowest BCUT2D eigenvalue weighted by atomic mass is 10.3. The largest absolute Gasteiger partial charge is 0.472 e. The Morgan fingerprint density at radius 3 is 2.67 bits per heavy atom. The van der Waals surface area contributed by atoms with E-state index in [1.54, 1.807) is 17.0 Å². The van der Waals surface area contributed by atoms with E-state index in [4.69, 9.17) is 4.74 Å². The number of nitro benzene ring substituents is 1. The van der Waals surface area contributed by atoms with E-state index in [0.29, 0.717) is 18.1 Å². The number of non-ortho nitro benzene ring substituents is 1. The van der Waals surface area contributed by atoms with E-state index in [9.17, 15) is 18.5 Å². The van der Waals surface area contributed by atoms with Crippen LogP contribution in [0.4, 0.5) is 11.5 Å². The van der Waals surface area contributed by atoms with Gasteiger partial charge in [-0.1, -0.05) is 6.07 Å². The first kappa shape index (κ1) is 19.0. The molecule has 1 aromatic carbocycles. The lowest BCUT2D eigenvalue weighted by Crippen LogP contribution is -2.31. The maximum absolute atomic E-state index is 12.7. The summed E-state index contributed by atoms with van der Waals surface area (Å²) >= 11 is 0. The molecule has 3 rings (SSSR count). The second-order valence-corrected chi connectivity index (χ2v) is 8.21. The Morgan fingerprint density at radius 1 is 1.26 bits per heavy atom. The number of benzene rings is 1. The van der Waals surface area contributed by atoms with Gasteiger partial charge in [-0.25, -0.2) is 8.42 Å². The monoisotopic (exact) mass is 393 g/mol. The fraction of sp³-hybridized carbons (Fsp3) is 0.375. The Morgan fingerprint density at radius 2 is 2.04 bits per heavy atom. The molecule has 1 fully saturated rings. The minimum absolute atomic E-state index is 0.104. The molecule has 0 saturated carbocycles. The van der Waals surface area contributed by atoms with Crippen LogP contribution in [0.1, 0.15) is 6.42 Å². The first-order valence-electron chi connectivity index (χ1n) is 8.19. The van der Waals surface area contributed by atoms with Crippen molar-refractivity contribution in [3.63, 3.8) is 0 Å². The molecule has 0 bridgehead atoms. The quantitative estimate of drug-likeness (QED) is 0.532. The lowest BCUT2D eigenvalue weighted by molar-refractivity contribution is -0.385. The van der Waals surface area contributed by atoms with Gasteiger partial charge in [-0.3, -0.25) is 10.1 Å². The molecule has 1 atom stereocenters. The number of nitro groups is 1. The van der Waals surface area contributed by atoms with Crippen LogP contribution in [0.3, 0.4) is 0 Å². The van der Waals surface area contributed by atoms with E-state index in [1.807, 2.05) is 14.1 Å². The van der Waals surface area contributed by atoms with Gasteiger partial charge in [0.2, 0.25) is 15.9 Å². The van der Waals surface area contributed by atoms with Crippen molar-refractivity contribution in [2.24, 2.45) is 0 Å². The molecule has 144 valence electrons. The molecule has 10 nitrogen and oxygen atoms in total. The average Bonchev–Trinajstić information content (AvgIpc) is 3.11. The van der Waals surface area contributed by atoms with Crippen LogP contribution >= 0.6 is 0 Å². The van der Waals surface area contributed by atoms with Gasteiger partial charge in [-0.05, 0) is 18.6 Å². The highest BCUT2D eigenvalue weighted by Gasteiger charge is 2.34. The van der Waals surface area contributed by atoms with E-state index in [1.165, 1.54) is 22.5 Å². The summed E-state index contributed by atoms with van der Waals surface area (Å²) in [6.07, 6.45) is 0.128. The predicted molar refractivity (Wildman–Crippen MR) is 97.2 cm³/mol. The van der Waals surface area contributed by atoms with E-state index in [2.05, 4.69) is 10.2 Å². The van der Waals surface area contributed by atoms with Crippen LogP contribution in [0, 0.1) is 10.1 Å². The van der Waals surface area contributed by atoms with Crippen molar-refractivity contribution in [2.45, 2.75) is 17.4 Å². The fourth-order valence-electron chi connectivity index (χ4n) is 2.70. The van der Waals surface area contributed by atoms with Crippen molar-refractivity contribution < 1.29 is 18.1 Å². The number of anilines is 1. The highest BCUT2D eigenvalue weighted by Crippen LogP contribution is 2.25. The summed E-state index contributed by atoms with van der Waals surface area (Å²) in [5.41, 5.74) is -0.265. The van der Waals surface area contributed by atoms with Crippen LogP contribution in [-0.2, 0) is 10.0 Å². The molecule has 0 aliphatic carbocycles. The number of ether oxygens (including phenoxy) is 1. The molecule has 11 heteroatoms. The number of rotatable bonds is 6. The molecule has 0 amide bonds. The van der Waals surface area contributed by atoms with Gasteiger partial charge in [0.05, 0.1) is 16.4 Å². The smallest absolute Gasteiger partial charge is 0.270 e. The molecular formula is C16H19N5O5S. The highest BCUT2D eigenvalue weighted by molar-refractivity contribution is 7.89. The molecule has 1 aliphatic rings. The molecule has 0 radical (unpaired) electrons. The van der Waals surface area contributed by atoms with E-state index < -0.39 is 14.9 Å². The first-order chi connectivity index (χ1) is 12.8. The van der Waals surface area contributed by atoms with Crippen molar-refractivity contribution in [3.8, 4) is 5.88 Å². The molecule has 1 saturated heterocycles. The van der Waals surface area contributed by atoms with Gasteiger partial charge >= 0.3 is 0 Å². The molecule has 0 spiro atoms. The van der Waals surface area contributed by atoms with Crippen LogP contribution in [0.5, 0.6) is 5.88 Å². The van der Waals surface area contributed by atoms with E-state index >= 15 is 0 Å². The van der Waals surface area contributed by atoms with Gasteiger partial charge in [0.25, 0.3) is 5.69 Å². The third kappa shape index (κ3) is 4.14. The zero-order valence-corrected chi connectivity index (χ0v) is 15.7. The molecule has 1 aliphatic heterocycles. The summed E-state index contributed by atoms with van der Waals surface area (Å²) < 4.78 is 32.5. The zero-order valence-electron chi connectivity index (χ0n) is 14.8. The normalized spacial score (nSPS) is 17.6. The lowest BCUT2D eigenvalue weighted by Gasteiger charge is -2.17. The van der Waals surface area contributed by atoms with Crippen molar-refractivity contribution in [2.75, 3.05) is 32.1 Å². The Bertz CT molecular complexity index is 932. The molecule has 1 unspecified atom stereocenters. The Labute approximate surface area is 156 Å². The van der Waals surface area contributed by atoms with Gasteiger partial charge < -0.3 is 9.64 Å². The zero-order chi connectivity index (χ0) is 19.6. The number of hydrogen-bond acceptors (Lipinski definition) is 8. The average molecular weight is 393 g/mol. The van der Waals surface area contributed by atoms with Gasteiger partial charge in [-0.2, -0.15) is 4.31 Å². The second-order valence-electron chi connectivity index (χ2n) is 6.27. The number of nitrogens with zero attached hydrogens (tertiary/aromatic N) is 5. The minimum Gasteiger partial charge on any atom is -0.472 e. The van der Waals surface area contributed by atoms with Gasteiger partial charge in [-0.15, -0.1) is 10.2 Å². The minimum atomic E-state index is -3.83. The summed E-state index contributed by atoms with van der Waals surface area (Å²) in [6, 6.07) is 8.47.